The van der Waals surface area contributed by atoms with Crippen LogP contribution in [0.2, 0.25) is 0 Å². The Kier molecular flexibility index (Phi) is 6.35. The maximum Gasteiger partial charge on any atom is 0.213 e. The molecule has 0 heterocycles. The van der Waals surface area contributed by atoms with E-state index in [-0.39, 0.29) is 24.3 Å². The summed E-state index contributed by atoms with van der Waals surface area (Å²) < 4.78 is 25.7. The summed E-state index contributed by atoms with van der Waals surface area (Å²) in [6.45, 7) is 4.85. The summed E-state index contributed by atoms with van der Waals surface area (Å²) in [4.78, 5) is 1.97. The van der Waals surface area contributed by atoms with Crippen LogP contribution in [0.25, 0.3) is 0 Å². The van der Waals surface area contributed by atoms with E-state index in [0.29, 0.717) is 6.54 Å². The zero-order valence-electron chi connectivity index (χ0n) is 10.0. The molecular weight excluding hydrogens is 214 g/mol. The third kappa shape index (κ3) is 6.83. The molecule has 0 amide bonds. The molecule has 0 fully saturated rings. The molecule has 0 aromatic heterocycles. The van der Waals surface area contributed by atoms with E-state index < -0.39 is 10.0 Å². The predicted molar refractivity (Wildman–Crippen MR) is 63.2 cm³/mol. The summed E-state index contributed by atoms with van der Waals surface area (Å²) >= 11 is 0. The quantitative estimate of drug-likeness (QED) is 0.623. The molecule has 3 N–H and O–H groups in total. The van der Waals surface area contributed by atoms with Crippen LogP contribution in [-0.4, -0.2) is 52.3 Å². The predicted octanol–water partition coefficient (Wildman–Crippen LogP) is -0.549. The van der Waals surface area contributed by atoms with Gasteiger partial charge in [0.2, 0.25) is 10.0 Å². The Morgan fingerprint density at radius 1 is 1.33 bits per heavy atom. The first kappa shape index (κ1) is 14.8. The van der Waals surface area contributed by atoms with E-state index in [4.69, 9.17) is 5.73 Å². The highest BCUT2D eigenvalue weighted by molar-refractivity contribution is 7.89. The maximum absolute atomic E-state index is 11.5. The van der Waals surface area contributed by atoms with Gasteiger partial charge in [0.1, 0.15) is 0 Å². The van der Waals surface area contributed by atoms with Gasteiger partial charge in [-0.25, -0.2) is 13.1 Å². The number of nitrogens with two attached hydrogens (primary N) is 1. The molecule has 0 spiro atoms. The highest BCUT2D eigenvalue weighted by atomic mass is 32.2. The van der Waals surface area contributed by atoms with Crippen molar-refractivity contribution in [3.63, 3.8) is 0 Å². The van der Waals surface area contributed by atoms with Crippen LogP contribution >= 0.6 is 0 Å². The molecule has 0 bridgehead atoms. The largest absolute Gasteiger partial charge is 0.329 e. The van der Waals surface area contributed by atoms with Gasteiger partial charge in [0.25, 0.3) is 0 Å². The van der Waals surface area contributed by atoms with Gasteiger partial charge in [-0.05, 0) is 20.0 Å². The van der Waals surface area contributed by atoms with E-state index in [0.717, 1.165) is 0 Å². The molecule has 1 atom stereocenters. The molecule has 0 aliphatic heterocycles. The number of sulfonamides is 1. The van der Waals surface area contributed by atoms with Crippen LogP contribution < -0.4 is 10.5 Å². The van der Waals surface area contributed by atoms with E-state index in [9.17, 15) is 8.42 Å². The number of hydrogen-bond acceptors (Lipinski definition) is 4. The normalized spacial score (nSPS) is 14.9. The maximum atomic E-state index is 11.5. The zero-order chi connectivity index (χ0) is 12.1. The molecule has 0 aliphatic rings. The van der Waals surface area contributed by atoms with Crippen LogP contribution in [0.4, 0.5) is 0 Å². The molecule has 0 aromatic rings. The van der Waals surface area contributed by atoms with Crippen LogP contribution in [0.15, 0.2) is 0 Å². The van der Waals surface area contributed by atoms with Gasteiger partial charge in [-0.1, -0.05) is 13.8 Å². The smallest absolute Gasteiger partial charge is 0.213 e. The zero-order valence-corrected chi connectivity index (χ0v) is 10.8. The van der Waals surface area contributed by atoms with Crippen molar-refractivity contribution in [2.45, 2.75) is 19.9 Å². The van der Waals surface area contributed by atoms with Crippen molar-refractivity contribution in [2.24, 2.45) is 11.7 Å². The molecule has 0 rings (SSSR count). The van der Waals surface area contributed by atoms with Crippen molar-refractivity contribution in [1.82, 2.24) is 9.62 Å². The summed E-state index contributed by atoms with van der Waals surface area (Å²) in [6, 6.07) is -0.0588. The van der Waals surface area contributed by atoms with Crippen LogP contribution in [0.5, 0.6) is 0 Å². The van der Waals surface area contributed by atoms with Gasteiger partial charge in [-0.2, -0.15) is 0 Å². The molecule has 0 radical (unpaired) electrons. The second kappa shape index (κ2) is 6.42. The minimum atomic E-state index is -3.22. The SMILES string of the molecule is CC(C)C(CN(C)C)NS(=O)(=O)CCN. The Morgan fingerprint density at radius 2 is 1.87 bits per heavy atom. The molecule has 15 heavy (non-hydrogen) atoms. The number of nitrogens with zero attached hydrogens (tertiary/aromatic N) is 1. The molecule has 0 aliphatic carbocycles. The number of nitrogens with one attached hydrogen (secondary N) is 1. The fourth-order valence-electron chi connectivity index (χ4n) is 1.22. The summed E-state index contributed by atoms with van der Waals surface area (Å²) in [5.74, 6) is 0.254. The lowest BCUT2D eigenvalue weighted by molar-refractivity contribution is 0.314. The molecule has 92 valence electrons. The summed E-state index contributed by atoms with van der Waals surface area (Å²) in [5, 5.41) is 0. The monoisotopic (exact) mass is 237 g/mol. The van der Waals surface area contributed by atoms with Gasteiger partial charge in [-0.3, -0.25) is 0 Å². The van der Waals surface area contributed by atoms with Crippen molar-refractivity contribution in [1.29, 1.82) is 0 Å². The van der Waals surface area contributed by atoms with Gasteiger partial charge < -0.3 is 10.6 Å². The number of likely N-dealkylation sites (N-methyl/N-ethyl adjacent to an activating group) is 1. The van der Waals surface area contributed by atoms with Gasteiger partial charge in [-0.15, -0.1) is 0 Å². The molecule has 1 unspecified atom stereocenters. The highest BCUT2D eigenvalue weighted by Crippen LogP contribution is 2.04. The van der Waals surface area contributed by atoms with Gasteiger partial charge in [0, 0.05) is 19.1 Å². The Morgan fingerprint density at radius 3 is 2.20 bits per heavy atom. The molecular formula is C9H23N3O2S. The van der Waals surface area contributed by atoms with E-state index in [1.165, 1.54) is 0 Å². The number of hydrogen-bond donors (Lipinski definition) is 2. The minimum Gasteiger partial charge on any atom is -0.329 e. The van der Waals surface area contributed by atoms with E-state index in [1.54, 1.807) is 0 Å². The first-order valence-corrected chi connectivity index (χ1v) is 6.78. The lowest BCUT2D eigenvalue weighted by Crippen LogP contribution is -2.46. The second-order valence-electron chi connectivity index (χ2n) is 4.34. The van der Waals surface area contributed by atoms with E-state index in [1.807, 2.05) is 32.8 Å². The average molecular weight is 237 g/mol. The average Bonchev–Trinajstić information content (AvgIpc) is 2.00. The van der Waals surface area contributed by atoms with Crippen molar-refractivity contribution < 1.29 is 8.42 Å². The van der Waals surface area contributed by atoms with Crippen molar-refractivity contribution in [2.75, 3.05) is 32.9 Å². The van der Waals surface area contributed by atoms with Crippen LogP contribution in [0.1, 0.15) is 13.8 Å². The molecule has 0 saturated heterocycles. The van der Waals surface area contributed by atoms with E-state index >= 15 is 0 Å². The van der Waals surface area contributed by atoms with Crippen molar-refractivity contribution in [3.8, 4) is 0 Å². The topological polar surface area (TPSA) is 75.4 Å². The Balaban J connectivity index is 4.41. The molecule has 0 aromatic carbocycles. The lowest BCUT2D eigenvalue weighted by Gasteiger charge is -2.25. The second-order valence-corrected chi connectivity index (χ2v) is 6.21. The van der Waals surface area contributed by atoms with Crippen molar-refractivity contribution >= 4 is 10.0 Å². The standard InChI is InChI=1S/C9H23N3O2S/c1-8(2)9(7-12(3)4)11-15(13,14)6-5-10/h8-9,11H,5-7,10H2,1-4H3. The fraction of sp³-hybridized carbons (Fsp3) is 1.00. The summed E-state index contributed by atoms with van der Waals surface area (Å²) in [6.07, 6.45) is 0. The molecule has 0 saturated carbocycles. The first-order valence-electron chi connectivity index (χ1n) is 5.13. The Bertz CT molecular complexity index is 263. The third-order valence-corrected chi connectivity index (χ3v) is 3.52. The number of rotatable bonds is 7. The van der Waals surface area contributed by atoms with Gasteiger partial charge in [0.15, 0.2) is 0 Å². The van der Waals surface area contributed by atoms with Gasteiger partial charge >= 0.3 is 0 Å². The summed E-state index contributed by atoms with van der Waals surface area (Å²) in [5.41, 5.74) is 5.24. The lowest BCUT2D eigenvalue weighted by atomic mass is 10.1. The first-order chi connectivity index (χ1) is 6.78. The summed E-state index contributed by atoms with van der Waals surface area (Å²) in [7, 11) is 0.623. The highest BCUT2D eigenvalue weighted by Gasteiger charge is 2.20. The van der Waals surface area contributed by atoms with E-state index in [2.05, 4.69) is 4.72 Å². The molecule has 6 heteroatoms. The van der Waals surface area contributed by atoms with Crippen LogP contribution in [0, 0.1) is 5.92 Å². The Labute approximate surface area is 93.1 Å². The molecule has 5 nitrogen and oxygen atoms in total. The van der Waals surface area contributed by atoms with Crippen LogP contribution in [0.3, 0.4) is 0 Å². The van der Waals surface area contributed by atoms with Crippen LogP contribution in [-0.2, 0) is 10.0 Å². The minimum absolute atomic E-state index is 0.0103. The Hall–Kier alpha value is -0.170. The van der Waals surface area contributed by atoms with Gasteiger partial charge in [0.05, 0.1) is 5.75 Å². The van der Waals surface area contributed by atoms with Crippen molar-refractivity contribution in [3.05, 3.63) is 0 Å². The fourth-order valence-corrected chi connectivity index (χ4v) is 2.46. The third-order valence-electron chi connectivity index (χ3n) is 2.08.